The summed E-state index contributed by atoms with van der Waals surface area (Å²) < 4.78 is 11.2. The van der Waals surface area contributed by atoms with Gasteiger partial charge in [-0.25, -0.2) is 4.98 Å². The summed E-state index contributed by atoms with van der Waals surface area (Å²) in [7, 11) is 3.76. The van der Waals surface area contributed by atoms with Crippen LogP contribution < -0.4 is 5.32 Å². The Kier molecular flexibility index (Phi) is 4.37. The van der Waals surface area contributed by atoms with Crippen LogP contribution in [-0.4, -0.2) is 32.4 Å². The Bertz CT molecular complexity index is 400. The van der Waals surface area contributed by atoms with Gasteiger partial charge in [0.2, 0.25) is 0 Å². The molecule has 1 aliphatic rings. The number of aryl methyl sites for hydroxylation is 1. The van der Waals surface area contributed by atoms with Crippen molar-refractivity contribution in [2.75, 3.05) is 27.4 Å². The van der Waals surface area contributed by atoms with Gasteiger partial charge in [0, 0.05) is 44.1 Å². The third-order valence-electron chi connectivity index (χ3n) is 3.74. The van der Waals surface area contributed by atoms with Crippen molar-refractivity contribution in [3.8, 4) is 0 Å². The number of thiazole rings is 1. The summed E-state index contributed by atoms with van der Waals surface area (Å²) in [5.74, 6) is 0. The lowest BCUT2D eigenvalue weighted by Gasteiger charge is -2.33. The molecule has 2 rings (SSSR count). The van der Waals surface area contributed by atoms with Gasteiger partial charge in [0.15, 0.2) is 0 Å². The van der Waals surface area contributed by atoms with Crippen LogP contribution in [0.3, 0.4) is 0 Å². The van der Waals surface area contributed by atoms with Crippen molar-refractivity contribution in [1.82, 2.24) is 10.3 Å². The lowest BCUT2D eigenvalue weighted by Crippen LogP contribution is -2.35. The summed E-state index contributed by atoms with van der Waals surface area (Å²) in [6.45, 7) is 5.74. The summed E-state index contributed by atoms with van der Waals surface area (Å²) in [6, 6.07) is 0.338. The zero-order valence-electron chi connectivity index (χ0n) is 11.6. The van der Waals surface area contributed by atoms with Gasteiger partial charge in [0.05, 0.1) is 5.69 Å². The molecule has 1 atom stereocenters. The first-order valence-electron chi connectivity index (χ1n) is 6.41. The highest BCUT2D eigenvalue weighted by Gasteiger charge is 2.38. The molecule has 0 amide bonds. The molecule has 1 N–H and O–H groups in total. The van der Waals surface area contributed by atoms with Crippen molar-refractivity contribution >= 4 is 11.3 Å². The van der Waals surface area contributed by atoms with Gasteiger partial charge in [-0.1, -0.05) is 0 Å². The Labute approximate surface area is 113 Å². The van der Waals surface area contributed by atoms with E-state index in [1.54, 1.807) is 18.4 Å². The van der Waals surface area contributed by atoms with E-state index in [-0.39, 0.29) is 5.60 Å². The minimum Gasteiger partial charge on any atom is -0.381 e. The summed E-state index contributed by atoms with van der Waals surface area (Å²) in [4.78, 5) is 6.05. The molecular formula is C13H22N2O2S. The van der Waals surface area contributed by atoms with Crippen molar-refractivity contribution < 1.29 is 9.47 Å². The van der Waals surface area contributed by atoms with E-state index in [0.717, 1.165) is 36.8 Å². The van der Waals surface area contributed by atoms with E-state index in [0.29, 0.717) is 6.04 Å². The second-order valence-electron chi connectivity index (χ2n) is 4.79. The van der Waals surface area contributed by atoms with Crippen molar-refractivity contribution in [1.29, 1.82) is 0 Å². The van der Waals surface area contributed by atoms with E-state index >= 15 is 0 Å². The van der Waals surface area contributed by atoms with E-state index in [9.17, 15) is 0 Å². The second-order valence-corrected chi connectivity index (χ2v) is 5.82. The van der Waals surface area contributed by atoms with Crippen LogP contribution >= 0.6 is 11.3 Å². The van der Waals surface area contributed by atoms with Crippen LogP contribution in [0.4, 0.5) is 0 Å². The van der Waals surface area contributed by atoms with Gasteiger partial charge in [-0.15, -0.1) is 11.3 Å². The number of nitrogens with zero attached hydrogens (tertiary/aromatic N) is 1. The number of rotatable bonds is 4. The first-order chi connectivity index (χ1) is 8.63. The molecule has 1 aromatic rings. The van der Waals surface area contributed by atoms with Crippen LogP contribution in [-0.2, 0) is 15.1 Å². The summed E-state index contributed by atoms with van der Waals surface area (Å²) in [6.07, 6.45) is 1.79. The minimum absolute atomic E-state index is 0.237. The molecule has 0 radical (unpaired) electrons. The summed E-state index contributed by atoms with van der Waals surface area (Å²) in [5.41, 5.74) is 0.874. The predicted octanol–water partition coefficient (Wildman–Crippen LogP) is 2.38. The summed E-state index contributed by atoms with van der Waals surface area (Å²) >= 11 is 1.77. The highest BCUT2D eigenvalue weighted by Crippen LogP contribution is 2.39. The molecule has 0 aromatic carbocycles. The molecule has 18 heavy (non-hydrogen) atoms. The fourth-order valence-electron chi connectivity index (χ4n) is 2.34. The van der Waals surface area contributed by atoms with Crippen LogP contribution in [0.5, 0.6) is 0 Å². The van der Waals surface area contributed by atoms with E-state index in [4.69, 9.17) is 14.5 Å². The maximum absolute atomic E-state index is 5.79. The first kappa shape index (κ1) is 13.9. The van der Waals surface area contributed by atoms with Crippen LogP contribution in [0.1, 0.15) is 41.4 Å². The zero-order chi connectivity index (χ0) is 13.2. The third-order valence-corrected chi connectivity index (χ3v) is 5.27. The fraction of sp³-hybridized carbons (Fsp3) is 0.769. The Balaban J connectivity index is 2.31. The first-order valence-corrected chi connectivity index (χ1v) is 7.22. The van der Waals surface area contributed by atoms with Crippen molar-refractivity contribution in [2.45, 2.75) is 38.3 Å². The lowest BCUT2D eigenvalue weighted by molar-refractivity contribution is -0.0948. The topological polar surface area (TPSA) is 43.4 Å². The van der Waals surface area contributed by atoms with E-state index in [1.165, 1.54) is 4.88 Å². The van der Waals surface area contributed by atoms with E-state index in [2.05, 4.69) is 19.2 Å². The van der Waals surface area contributed by atoms with Crippen LogP contribution in [0.25, 0.3) is 0 Å². The third kappa shape index (κ3) is 2.45. The molecule has 0 spiro atoms. The smallest absolute Gasteiger partial charge is 0.125 e. The van der Waals surface area contributed by atoms with Gasteiger partial charge in [-0.3, -0.25) is 0 Å². The molecule has 1 fully saturated rings. The van der Waals surface area contributed by atoms with E-state index < -0.39 is 0 Å². The molecule has 1 unspecified atom stereocenters. The van der Waals surface area contributed by atoms with Gasteiger partial charge in [0.25, 0.3) is 0 Å². The van der Waals surface area contributed by atoms with Crippen LogP contribution in [0.2, 0.25) is 0 Å². The number of nitrogens with one attached hydrogen (secondary N) is 1. The molecule has 0 saturated carbocycles. The van der Waals surface area contributed by atoms with Gasteiger partial charge in [-0.05, 0) is 20.9 Å². The largest absolute Gasteiger partial charge is 0.381 e. The van der Waals surface area contributed by atoms with E-state index in [1.807, 2.05) is 7.05 Å². The number of hydrogen-bond donors (Lipinski definition) is 1. The molecule has 4 nitrogen and oxygen atoms in total. The molecule has 1 saturated heterocycles. The highest BCUT2D eigenvalue weighted by atomic mass is 32.1. The Morgan fingerprint density at radius 2 is 2.11 bits per heavy atom. The number of aromatic nitrogens is 1. The minimum atomic E-state index is -0.237. The molecule has 2 heterocycles. The average Bonchev–Trinajstić information content (AvgIpc) is 2.81. The number of hydrogen-bond acceptors (Lipinski definition) is 5. The maximum atomic E-state index is 5.79. The monoisotopic (exact) mass is 270 g/mol. The van der Waals surface area contributed by atoms with Crippen LogP contribution in [0.15, 0.2) is 0 Å². The zero-order valence-corrected chi connectivity index (χ0v) is 12.4. The summed E-state index contributed by atoms with van der Waals surface area (Å²) in [5, 5.41) is 4.37. The number of methoxy groups -OCH3 is 1. The average molecular weight is 270 g/mol. The molecule has 102 valence electrons. The van der Waals surface area contributed by atoms with Crippen molar-refractivity contribution in [3.63, 3.8) is 0 Å². The Morgan fingerprint density at radius 3 is 2.67 bits per heavy atom. The Morgan fingerprint density at radius 1 is 1.44 bits per heavy atom. The number of ether oxygens (including phenoxy) is 2. The molecule has 1 aliphatic heterocycles. The maximum Gasteiger partial charge on any atom is 0.125 e. The van der Waals surface area contributed by atoms with Crippen molar-refractivity contribution in [2.24, 2.45) is 0 Å². The highest BCUT2D eigenvalue weighted by molar-refractivity contribution is 7.12. The molecule has 0 aliphatic carbocycles. The molecular weight excluding hydrogens is 248 g/mol. The molecule has 1 aromatic heterocycles. The second kappa shape index (κ2) is 5.65. The molecule has 0 bridgehead atoms. The quantitative estimate of drug-likeness (QED) is 0.912. The SMILES string of the molecule is CNC(C)c1sc(C2(OC)CCOCC2)nc1C. The van der Waals surface area contributed by atoms with Gasteiger partial charge in [-0.2, -0.15) is 0 Å². The fourth-order valence-corrected chi connectivity index (χ4v) is 3.69. The Hall–Kier alpha value is -0.490. The van der Waals surface area contributed by atoms with Gasteiger partial charge in [0.1, 0.15) is 10.6 Å². The standard InChI is InChI=1S/C13H22N2O2S/c1-9(14-3)11-10(2)15-12(18-11)13(16-4)5-7-17-8-6-13/h9,14H,5-8H2,1-4H3. The lowest BCUT2D eigenvalue weighted by atomic mass is 9.95. The van der Waals surface area contributed by atoms with Crippen molar-refractivity contribution in [3.05, 3.63) is 15.6 Å². The predicted molar refractivity (Wildman–Crippen MR) is 73.1 cm³/mol. The van der Waals surface area contributed by atoms with Crippen LogP contribution in [0, 0.1) is 6.92 Å². The van der Waals surface area contributed by atoms with Gasteiger partial charge >= 0.3 is 0 Å². The normalized spacial score (nSPS) is 20.9. The molecule has 5 heteroatoms. The van der Waals surface area contributed by atoms with Gasteiger partial charge < -0.3 is 14.8 Å².